The summed E-state index contributed by atoms with van der Waals surface area (Å²) >= 11 is 6.62. The minimum absolute atomic E-state index is 0.0192. The zero-order valence-electron chi connectivity index (χ0n) is 22.8. The van der Waals surface area contributed by atoms with E-state index in [1.807, 2.05) is 13.8 Å². The number of barbiturate groups is 1. The van der Waals surface area contributed by atoms with Gasteiger partial charge in [-0.3, -0.25) is 19.8 Å². The molecule has 0 spiro atoms. The van der Waals surface area contributed by atoms with Gasteiger partial charge in [0.1, 0.15) is 10.5 Å². The number of hydrogen-bond acceptors (Lipinski definition) is 8. The van der Waals surface area contributed by atoms with E-state index in [9.17, 15) is 22.8 Å². The molecule has 0 bridgehead atoms. The monoisotopic (exact) mass is 720 g/mol. The summed E-state index contributed by atoms with van der Waals surface area (Å²) in [7, 11) is -2.66. The molecule has 4 rings (SSSR count). The summed E-state index contributed by atoms with van der Waals surface area (Å²) < 4.78 is 42.5. The van der Waals surface area contributed by atoms with Crippen molar-refractivity contribution in [2.45, 2.75) is 31.7 Å². The first-order valence-corrected chi connectivity index (χ1v) is 15.6. The molecule has 1 aliphatic rings. The van der Waals surface area contributed by atoms with Gasteiger partial charge in [-0.15, -0.1) is 0 Å². The number of imide groups is 2. The lowest BCUT2D eigenvalue weighted by molar-refractivity contribution is -0.130. The van der Waals surface area contributed by atoms with Crippen LogP contribution < -0.4 is 19.0 Å². The smallest absolute Gasteiger partial charge is 0.339 e. The van der Waals surface area contributed by atoms with Crippen molar-refractivity contribution >= 4 is 65.9 Å². The minimum Gasteiger partial charge on any atom is -0.493 e. The molecule has 0 atom stereocenters. The van der Waals surface area contributed by atoms with Crippen LogP contribution in [0, 0.1) is 6.92 Å². The number of nitrogens with zero attached hydrogens (tertiary/aromatic N) is 1. The fraction of sp³-hybridized carbons (Fsp3) is 0.207. The zero-order valence-corrected chi connectivity index (χ0v) is 26.8. The van der Waals surface area contributed by atoms with Crippen molar-refractivity contribution in [2.24, 2.45) is 0 Å². The Labute approximate surface area is 260 Å². The van der Waals surface area contributed by atoms with E-state index in [-0.39, 0.29) is 31.7 Å². The molecule has 0 aliphatic carbocycles. The number of hydrogen-bond donors (Lipinski definition) is 1. The summed E-state index contributed by atoms with van der Waals surface area (Å²) in [4.78, 5) is 39.5. The predicted molar refractivity (Wildman–Crippen MR) is 162 cm³/mol. The molecule has 13 heteroatoms. The Morgan fingerprint density at radius 3 is 2.24 bits per heavy atom. The second-order valence-corrected chi connectivity index (χ2v) is 12.5. The van der Waals surface area contributed by atoms with E-state index < -0.39 is 28.0 Å². The van der Waals surface area contributed by atoms with Gasteiger partial charge >= 0.3 is 16.1 Å². The number of nitrogens with one attached hydrogen (secondary N) is 1. The maximum Gasteiger partial charge on any atom is 0.339 e. The van der Waals surface area contributed by atoms with E-state index >= 15 is 0 Å². The highest BCUT2D eigenvalue weighted by atomic mass is 79.9. The van der Waals surface area contributed by atoms with E-state index in [2.05, 4.69) is 37.2 Å². The molecule has 1 heterocycles. The third-order valence-corrected chi connectivity index (χ3v) is 8.46. The molecule has 1 aliphatic heterocycles. The van der Waals surface area contributed by atoms with Crippen molar-refractivity contribution in [2.75, 3.05) is 13.7 Å². The number of halogens is 2. The van der Waals surface area contributed by atoms with Gasteiger partial charge in [0.25, 0.3) is 11.8 Å². The Balaban J connectivity index is 1.59. The Kier molecular flexibility index (Phi) is 9.74. The topological polar surface area (TPSA) is 128 Å². The lowest BCUT2D eigenvalue weighted by Crippen LogP contribution is -2.53. The van der Waals surface area contributed by atoms with Crippen LogP contribution in [0.4, 0.5) is 4.79 Å². The summed E-state index contributed by atoms with van der Waals surface area (Å²) in [6, 6.07) is 13.3. The molecule has 0 unspecified atom stereocenters. The van der Waals surface area contributed by atoms with Crippen molar-refractivity contribution in [1.82, 2.24) is 10.2 Å². The fourth-order valence-electron chi connectivity index (χ4n) is 3.93. The molecular formula is C29H26Br2N2O8S. The second kappa shape index (κ2) is 13.1. The molecule has 0 radical (unpaired) electrons. The second-order valence-electron chi connectivity index (χ2n) is 9.21. The maximum atomic E-state index is 13.3. The summed E-state index contributed by atoms with van der Waals surface area (Å²) in [5.74, 6) is -0.711. The number of ether oxygens (including phenoxy) is 2. The van der Waals surface area contributed by atoms with Gasteiger partial charge in [-0.05, 0) is 98.8 Å². The summed E-state index contributed by atoms with van der Waals surface area (Å²) in [5.41, 5.74) is 1.55. The van der Waals surface area contributed by atoms with Crippen molar-refractivity contribution < 1.29 is 36.5 Å². The van der Waals surface area contributed by atoms with Crippen LogP contribution in [0.2, 0.25) is 0 Å². The highest BCUT2D eigenvalue weighted by Gasteiger charge is 2.36. The highest BCUT2D eigenvalue weighted by Crippen LogP contribution is 2.37. The predicted octanol–water partition coefficient (Wildman–Crippen LogP) is 5.75. The average Bonchev–Trinajstić information content (AvgIpc) is 2.94. The Bertz CT molecular complexity index is 1670. The Morgan fingerprint density at radius 1 is 0.952 bits per heavy atom. The van der Waals surface area contributed by atoms with Crippen LogP contribution in [-0.2, 0) is 26.3 Å². The molecule has 0 saturated carbocycles. The molecule has 3 aromatic rings. The molecule has 42 heavy (non-hydrogen) atoms. The zero-order chi connectivity index (χ0) is 30.6. The molecule has 10 nitrogen and oxygen atoms in total. The van der Waals surface area contributed by atoms with Gasteiger partial charge in [-0.1, -0.05) is 30.7 Å². The van der Waals surface area contributed by atoms with Gasteiger partial charge in [-0.2, -0.15) is 8.42 Å². The number of aryl methyl sites for hydroxylation is 1. The average molecular weight is 722 g/mol. The molecule has 3 aromatic carbocycles. The molecule has 1 N–H and O–H groups in total. The van der Waals surface area contributed by atoms with Gasteiger partial charge in [0.05, 0.1) is 29.2 Å². The van der Waals surface area contributed by atoms with Gasteiger partial charge in [0, 0.05) is 0 Å². The van der Waals surface area contributed by atoms with Crippen LogP contribution in [-0.4, -0.2) is 44.9 Å². The van der Waals surface area contributed by atoms with Crippen molar-refractivity contribution in [1.29, 1.82) is 0 Å². The van der Waals surface area contributed by atoms with E-state index in [1.165, 1.54) is 37.5 Å². The number of urea groups is 1. The lowest BCUT2D eigenvalue weighted by atomic mass is 10.1. The van der Waals surface area contributed by atoms with E-state index in [4.69, 9.17) is 13.7 Å². The van der Waals surface area contributed by atoms with Crippen molar-refractivity contribution in [3.63, 3.8) is 0 Å². The Morgan fingerprint density at radius 2 is 1.62 bits per heavy atom. The minimum atomic E-state index is -4.14. The SMILES string of the molecule is CCCOc1ccc(CN2C(=O)NC(=O)/C(=C\c3cc(Br)c(OS(=O)(=O)c4ccc(C)cc4)c(Br)c3)C2=O)cc1OC. The fourth-order valence-corrected chi connectivity index (χ4v) is 6.50. The van der Waals surface area contributed by atoms with E-state index in [0.29, 0.717) is 29.2 Å². The van der Waals surface area contributed by atoms with Crippen molar-refractivity contribution in [3.8, 4) is 17.2 Å². The van der Waals surface area contributed by atoms with Crippen LogP contribution in [0.5, 0.6) is 17.2 Å². The van der Waals surface area contributed by atoms with Crippen molar-refractivity contribution in [3.05, 3.63) is 85.8 Å². The van der Waals surface area contributed by atoms with Crippen LogP contribution in [0.25, 0.3) is 6.08 Å². The summed E-state index contributed by atoms with van der Waals surface area (Å²) in [6.45, 7) is 4.18. The molecule has 1 fully saturated rings. The van der Waals surface area contributed by atoms with Gasteiger partial charge in [0.2, 0.25) is 0 Å². The van der Waals surface area contributed by atoms with Crippen LogP contribution in [0.3, 0.4) is 0 Å². The summed E-state index contributed by atoms with van der Waals surface area (Å²) in [5, 5.41) is 2.19. The van der Waals surface area contributed by atoms with E-state index in [0.717, 1.165) is 16.9 Å². The molecule has 4 amide bonds. The van der Waals surface area contributed by atoms with Crippen LogP contribution in [0.1, 0.15) is 30.0 Å². The first-order chi connectivity index (χ1) is 19.9. The normalized spacial score (nSPS) is 14.6. The largest absolute Gasteiger partial charge is 0.493 e. The highest BCUT2D eigenvalue weighted by molar-refractivity contribution is 9.11. The maximum absolute atomic E-state index is 13.3. The number of rotatable bonds is 10. The third kappa shape index (κ3) is 7.02. The first-order valence-electron chi connectivity index (χ1n) is 12.6. The number of carbonyl (C=O) groups excluding carboxylic acids is 3. The number of amides is 4. The van der Waals surface area contributed by atoms with Gasteiger partial charge in [0.15, 0.2) is 17.2 Å². The lowest BCUT2D eigenvalue weighted by Gasteiger charge is -2.26. The Hall–Kier alpha value is -3.68. The molecule has 220 valence electrons. The van der Waals surface area contributed by atoms with Gasteiger partial charge in [-0.25, -0.2) is 4.79 Å². The van der Waals surface area contributed by atoms with E-state index in [1.54, 1.807) is 30.3 Å². The quantitative estimate of drug-likeness (QED) is 0.159. The number of benzene rings is 3. The standard InChI is InChI=1S/C29H26Br2N2O8S/c1-4-11-40-24-10-7-18(15-25(24)39-3)16-33-28(35)21(27(34)32-29(33)36)12-19-13-22(30)26(23(31)14-19)41-42(37,38)20-8-5-17(2)6-9-20/h5-10,12-15H,4,11,16H2,1-3H3,(H,32,34,36)/b21-12+. The van der Waals surface area contributed by atoms with Gasteiger partial charge < -0.3 is 13.7 Å². The van der Waals surface area contributed by atoms with Crippen LogP contribution in [0.15, 0.2) is 74.0 Å². The molecular weight excluding hydrogens is 696 g/mol. The number of methoxy groups -OCH3 is 1. The molecule has 0 aromatic heterocycles. The van der Waals surface area contributed by atoms with Crippen LogP contribution >= 0.6 is 31.9 Å². The third-order valence-electron chi connectivity index (χ3n) is 6.05. The molecule has 1 saturated heterocycles. The summed E-state index contributed by atoms with van der Waals surface area (Å²) in [6.07, 6.45) is 2.11. The number of carbonyl (C=O) groups is 3. The first kappa shape index (κ1) is 31.3.